The fraction of sp³-hybridized carbons (Fsp3) is 0.545. The first-order valence-corrected chi connectivity index (χ1v) is 17.2. The summed E-state index contributed by atoms with van der Waals surface area (Å²) in [7, 11) is -1.47. The molecule has 0 radical (unpaired) electrons. The zero-order valence-corrected chi connectivity index (χ0v) is 26.6. The largest absolute Gasteiger partial charge is 0.424 e. The number of nitrogens with one attached hydrogen (secondary N) is 2. The van der Waals surface area contributed by atoms with Crippen LogP contribution in [-0.4, -0.2) is 59.7 Å². The van der Waals surface area contributed by atoms with Gasteiger partial charge in [-0.1, -0.05) is 45.0 Å². The van der Waals surface area contributed by atoms with Gasteiger partial charge < -0.3 is 14.3 Å². The standard InChI is InChI=1S/C33H44N6O3S/c1-33(2,3)32-37-36-31(42-32)25-11-13-26(14-12-25)38-43(40,41)27-15-16-28-29(21-27)35-30(34-28)24-9-7-22(8-10-24)5-6-23-17-19-39(4)20-18-23/h7-10,15-16,21,23,25-26,38H,5-6,11-14,17-20H2,1-4H3,(H,34,35). The summed E-state index contributed by atoms with van der Waals surface area (Å²) < 4.78 is 35.5. The van der Waals surface area contributed by atoms with Crippen LogP contribution in [0, 0.1) is 5.92 Å². The minimum Gasteiger partial charge on any atom is -0.424 e. The normalized spacial score (nSPS) is 21.0. The van der Waals surface area contributed by atoms with Gasteiger partial charge >= 0.3 is 0 Å². The molecule has 9 nitrogen and oxygen atoms in total. The molecule has 2 aliphatic rings. The molecule has 0 unspecified atom stereocenters. The van der Waals surface area contributed by atoms with Crippen molar-refractivity contribution < 1.29 is 12.8 Å². The fourth-order valence-corrected chi connectivity index (χ4v) is 7.62. The highest BCUT2D eigenvalue weighted by molar-refractivity contribution is 7.89. The third-order valence-electron chi connectivity index (χ3n) is 9.15. The molecule has 1 saturated heterocycles. The van der Waals surface area contributed by atoms with E-state index < -0.39 is 10.0 Å². The maximum Gasteiger partial charge on any atom is 0.240 e. The second kappa shape index (κ2) is 12.1. The van der Waals surface area contributed by atoms with Crippen LogP contribution in [0.2, 0.25) is 0 Å². The van der Waals surface area contributed by atoms with E-state index >= 15 is 0 Å². The molecular weight excluding hydrogens is 560 g/mol. The molecule has 230 valence electrons. The first-order valence-electron chi connectivity index (χ1n) is 15.7. The Bertz CT molecular complexity index is 1640. The predicted octanol–water partition coefficient (Wildman–Crippen LogP) is 6.19. The molecule has 2 aromatic carbocycles. The Morgan fingerprint density at radius 3 is 2.37 bits per heavy atom. The number of likely N-dealkylation sites (tertiary alicyclic amines) is 1. The first kappa shape index (κ1) is 30.0. The van der Waals surface area contributed by atoms with Crippen molar-refractivity contribution in [2.75, 3.05) is 20.1 Å². The number of hydrogen-bond acceptors (Lipinski definition) is 7. The lowest BCUT2D eigenvalue weighted by molar-refractivity contribution is 0.212. The summed E-state index contributed by atoms with van der Waals surface area (Å²) >= 11 is 0. The first-order chi connectivity index (χ1) is 20.5. The van der Waals surface area contributed by atoms with Gasteiger partial charge in [0.1, 0.15) is 5.82 Å². The molecule has 4 aromatic rings. The number of rotatable bonds is 8. The molecule has 3 heterocycles. The van der Waals surface area contributed by atoms with Crippen LogP contribution in [0.15, 0.2) is 51.8 Å². The summed E-state index contributed by atoms with van der Waals surface area (Å²) in [6, 6.07) is 13.6. The summed E-state index contributed by atoms with van der Waals surface area (Å²) in [5.74, 6) is 3.03. The van der Waals surface area contributed by atoms with Gasteiger partial charge in [0.05, 0.1) is 15.9 Å². The zero-order chi connectivity index (χ0) is 30.2. The molecule has 1 aliphatic carbocycles. The number of aromatic amines is 1. The van der Waals surface area contributed by atoms with Crippen molar-refractivity contribution in [3.8, 4) is 11.4 Å². The Labute approximate surface area is 254 Å². The summed E-state index contributed by atoms with van der Waals surface area (Å²) in [5, 5.41) is 8.49. The number of imidazole rings is 1. The lowest BCUT2D eigenvalue weighted by atomic mass is 9.86. The highest BCUT2D eigenvalue weighted by Gasteiger charge is 2.31. The van der Waals surface area contributed by atoms with E-state index in [2.05, 4.69) is 56.1 Å². The minimum absolute atomic E-state index is 0.128. The van der Waals surface area contributed by atoms with Crippen molar-refractivity contribution in [2.24, 2.45) is 5.92 Å². The van der Waals surface area contributed by atoms with Gasteiger partial charge in [-0.15, -0.1) is 10.2 Å². The van der Waals surface area contributed by atoms with Gasteiger partial charge in [-0.3, -0.25) is 0 Å². The summed E-state index contributed by atoms with van der Waals surface area (Å²) in [6.45, 7) is 8.56. The number of fused-ring (bicyclic) bond motifs is 1. The van der Waals surface area contributed by atoms with Crippen molar-refractivity contribution in [1.82, 2.24) is 29.8 Å². The second-order valence-electron chi connectivity index (χ2n) is 13.6. The van der Waals surface area contributed by atoms with E-state index in [9.17, 15) is 8.42 Å². The summed E-state index contributed by atoms with van der Waals surface area (Å²) in [5.41, 5.74) is 3.60. The number of benzene rings is 2. The molecule has 1 saturated carbocycles. The molecule has 2 aromatic heterocycles. The van der Waals surface area contributed by atoms with Crippen LogP contribution in [0.25, 0.3) is 22.4 Å². The number of sulfonamides is 1. The molecule has 0 amide bonds. The lowest BCUT2D eigenvalue weighted by Gasteiger charge is -2.28. The van der Waals surface area contributed by atoms with Gasteiger partial charge in [0, 0.05) is 22.9 Å². The Balaban J connectivity index is 1.06. The van der Waals surface area contributed by atoms with Gasteiger partial charge in [0.25, 0.3) is 0 Å². The van der Waals surface area contributed by atoms with Crippen LogP contribution < -0.4 is 4.72 Å². The highest BCUT2D eigenvalue weighted by atomic mass is 32.2. The molecule has 2 N–H and O–H groups in total. The number of piperidine rings is 1. The topological polar surface area (TPSA) is 117 Å². The van der Waals surface area contributed by atoms with Crippen molar-refractivity contribution in [1.29, 1.82) is 0 Å². The molecule has 0 spiro atoms. The molecular formula is C33H44N6O3S. The Hall–Kier alpha value is -3.08. The average molecular weight is 605 g/mol. The summed E-state index contributed by atoms with van der Waals surface area (Å²) in [4.78, 5) is 10.7. The van der Waals surface area contributed by atoms with Gasteiger partial charge in [-0.05, 0) is 101 Å². The maximum atomic E-state index is 13.3. The van der Waals surface area contributed by atoms with Crippen molar-refractivity contribution in [3.05, 3.63) is 59.8 Å². The van der Waals surface area contributed by atoms with Crippen LogP contribution in [0.4, 0.5) is 0 Å². The number of aromatic nitrogens is 4. The quantitative estimate of drug-likeness (QED) is 0.246. The maximum absolute atomic E-state index is 13.3. The van der Waals surface area contributed by atoms with E-state index in [0.717, 1.165) is 54.9 Å². The van der Waals surface area contributed by atoms with Gasteiger partial charge in [-0.25, -0.2) is 18.1 Å². The van der Waals surface area contributed by atoms with Crippen LogP contribution in [-0.2, 0) is 21.9 Å². The molecule has 0 atom stereocenters. The number of H-pyrrole nitrogens is 1. The van der Waals surface area contributed by atoms with E-state index in [4.69, 9.17) is 9.40 Å². The molecule has 43 heavy (non-hydrogen) atoms. The number of hydrogen-bond donors (Lipinski definition) is 2. The summed E-state index contributed by atoms with van der Waals surface area (Å²) in [6.07, 6.45) is 7.98. The smallest absolute Gasteiger partial charge is 0.240 e. The molecule has 1 aliphatic heterocycles. The van der Waals surface area contributed by atoms with E-state index in [1.54, 1.807) is 18.2 Å². The van der Waals surface area contributed by atoms with Crippen molar-refractivity contribution in [3.63, 3.8) is 0 Å². The predicted molar refractivity (Wildman–Crippen MR) is 168 cm³/mol. The number of aryl methyl sites for hydroxylation is 1. The third kappa shape index (κ3) is 7.02. The molecule has 6 rings (SSSR count). The average Bonchev–Trinajstić information content (AvgIpc) is 3.65. The highest BCUT2D eigenvalue weighted by Crippen LogP contribution is 2.34. The van der Waals surface area contributed by atoms with Gasteiger partial charge in [-0.2, -0.15) is 0 Å². The van der Waals surface area contributed by atoms with Crippen LogP contribution in [0.1, 0.15) is 89.0 Å². The van der Waals surface area contributed by atoms with E-state index in [-0.39, 0.29) is 22.3 Å². The number of nitrogens with zero attached hydrogens (tertiary/aromatic N) is 4. The van der Waals surface area contributed by atoms with Crippen molar-refractivity contribution >= 4 is 21.1 Å². The third-order valence-corrected chi connectivity index (χ3v) is 10.7. The zero-order valence-electron chi connectivity index (χ0n) is 25.8. The Kier molecular flexibility index (Phi) is 8.45. The lowest BCUT2D eigenvalue weighted by Crippen LogP contribution is -2.37. The Morgan fingerprint density at radius 1 is 0.977 bits per heavy atom. The van der Waals surface area contributed by atoms with E-state index in [1.165, 1.54) is 37.9 Å². The van der Waals surface area contributed by atoms with Gasteiger partial charge in [0.2, 0.25) is 21.8 Å². The van der Waals surface area contributed by atoms with Crippen LogP contribution in [0.5, 0.6) is 0 Å². The Morgan fingerprint density at radius 2 is 1.70 bits per heavy atom. The monoisotopic (exact) mass is 604 g/mol. The van der Waals surface area contributed by atoms with E-state index in [0.29, 0.717) is 17.3 Å². The van der Waals surface area contributed by atoms with Gasteiger partial charge in [0.15, 0.2) is 0 Å². The fourth-order valence-electron chi connectivity index (χ4n) is 6.29. The molecule has 10 heteroatoms. The SMILES string of the molecule is CN1CCC(CCc2ccc(-c3nc4ccc(S(=O)(=O)NC5CCC(c6nnc(C(C)(C)C)o6)CC5)cc4[nH]3)cc2)CC1. The molecule has 2 fully saturated rings. The minimum atomic E-state index is -3.68. The van der Waals surface area contributed by atoms with Crippen LogP contribution in [0.3, 0.4) is 0 Å². The van der Waals surface area contributed by atoms with E-state index in [1.807, 2.05) is 20.8 Å². The van der Waals surface area contributed by atoms with Crippen molar-refractivity contribution in [2.45, 2.75) is 94.4 Å². The molecule has 0 bridgehead atoms. The van der Waals surface area contributed by atoms with Crippen LogP contribution >= 0.6 is 0 Å². The second-order valence-corrected chi connectivity index (χ2v) is 15.3.